The van der Waals surface area contributed by atoms with Crippen molar-refractivity contribution in [3.63, 3.8) is 0 Å². The molecule has 5 heteroatoms. The number of hydrogen-bond acceptors (Lipinski definition) is 3. The fraction of sp³-hybridized carbons (Fsp3) is 0.500. The van der Waals surface area contributed by atoms with E-state index in [4.69, 9.17) is 0 Å². The van der Waals surface area contributed by atoms with Crippen molar-refractivity contribution in [2.75, 3.05) is 17.6 Å². The van der Waals surface area contributed by atoms with Crippen molar-refractivity contribution >= 4 is 38.5 Å². The molecule has 1 heterocycles. The van der Waals surface area contributed by atoms with Gasteiger partial charge in [-0.2, -0.15) is 0 Å². The van der Waals surface area contributed by atoms with Crippen LogP contribution in [0.3, 0.4) is 0 Å². The van der Waals surface area contributed by atoms with Crippen LogP contribution < -0.4 is 5.32 Å². The van der Waals surface area contributed by atoms with Crippen molar-refractivity contribution in [3.05, 3.63) is 28.5 Å². The second-order valence-electron chi connectivity index (χ2n) is 5.37. The van der Waals surface area contributed by atoms with Gasteiger partial charge in [0.15, 0.2) is 5.17 Å². The molecule has 0 bridgehead atoms. The first-order valence-corrected chi connectivity index (χ1v) is 8.34. The zero-order valence-corrected chi connectivity index (χ0v) is 13.0. The second-order valence-corrected chi connectivity index (χ2v) is 7.19. The van der Waals surface area contributed by atoms with Crippen LogP contribution in [0.4, 0.5) is 10.1 Å². The summed E-state index contributed by atoms with van der Waals surface area (Å²) < 4.78 is 13.6. The van der Waals surface area contributed by atoms with Crippen LogP contribution in [0.2, 0.25) is 0 Å². The molecular weight excluding hydrogens is 327 g/mol. The van der Waals surface area contributed by atoms with E-state index in [1.165, 1.54) is 31.7 Å². The van der Waals surface area contributed by atoms with Crippen molar-refractivity contribution in [2.24, 2.45) is 10.4 Å². The monoisotopic (exact) mass is 342 g/mol. The third kappa shape index (κ3) is 2.97. The van der Waals surface area contributed by atoms with E-state index in [2.05, 4.69) is 26.2 Å². The lowest BCUT2D eigenvalue weighted by Gasteiger charge is -2.31. The van der Waals surface area contributed by atoms with Gasteiger partial charge in [0, 0.05) is 18.0 Å². The molecule has 2 aliphatic rings. The molecule has 2 nitrogen and oxygen atoms in total. The lowest BCUT2D eigenvalue weighted by atomic mass is 9.89. The highest BCUT2D eigenvalue weighted by molar-refractivity contribution is 9.10. The molecule has 1 saturated carbocycles. The van der Waals surface area contributed by atoms with Gasteiger partial charge < -0.3 is 5.32 Å². The standard InChI is InChI=1S/C14H16BrFN2S/c15-11-7-10(3-4-12(11)16)18-13-17-8-14(9-19-13)5-1-2-6-14/h3-4,7H,1-2,5-6,8-9H2,(H,17,18). The molecule has 0 atom stereocenters. The van der Waals surface area contributed by atoms with E-state index in [9.17, 15) is 4.39 Å². The lowest BCUT2D eigenvalue weighted by Crippen LogP contribution is -2.30. The van der Waals surface area contributed by atoms with Gasteiger partial charge in [-0.1, -0.05) is 24.6 Å². The van der Waals surface area contributed by atoms with Crippen LogP contribution in [-0.2, 0) is 0 Å². The maximum absolute atomic E-state index is 13.2. The zero-order chi connectivity index (χ0) is 13.3. The van der Waals surface area contributed by atoms with E-state index < -0.39 is 0 Å². The van der Waals surface area contributed by atoms with Crippen LogP contribution in [0.5, 0.6) is 0 Å². The summed E-state index contributed by atoms with van der Waals surface area (Å²) in [4.78, 5) is 4.67. The molecule has 0 radical (unpaired) electrons. The number of nitrogens with one attached hydrogen (secondary N) is 1. The number of anilines is 1. The minimum Gasteiger partial charge on any atom is -0.335 e. The van der Waals surface area contributed by atoms with Crippen LogP contribution in [-0.4, -0.2) is 17.5 Å². The summed E-state index contributed by atoms with van der Waals surface area (Å²) in [6.07, 6.45) is 5.34. The van der Waals surface area contributed by atoms with Gasteiger partial charge in [-0.3, -0.25) is 4.99 Å². The largest absolute Gasteiger partial charge is 0.335 e. The minimum absolute atomic E-state index is 0.242. The van der Waals surface area contributed by atoms with Crippen LogP contribution >= 0.6 is 27.7 Å². The molecule has 1 aromatic carbocycles. The average Bonchev–Trinajstić information content (AvgIpc) is 2.86. The van der Waals surface area contributed by atoms with E-state index in [0.717, 1.165) is 23.2 Å². The summed E-state index contributed by atoms with van der Waals surface area (Å²) in [6.45, 7) is 0.935. The Morgan fingerprint density at radius 3 is 2.74 bits per heavy atom. The van der Waals surface area contributed by atoms with Crippen molar-refractivity contribution in [1.82, 2.24) is 0 Å². The predicted molar refractivity (Wildman–Crippen MR) is 83.4 cm³/mol. The smallest absolute Gasteiger partial charge is 0.161 e. The Balaban J connectivity index is 1.67. The number of benzene rings is 1. The van der Waals surface area contributed by atoms with Crippen LogP contribution in [0, 0.1) is 11.2 Å². The molecule has 0 aromatic heterocycles. The Hall–Kier alpha value is -0.550. The zero-order valence-electron chi connectivity index (χ0n) is 10.6. The van der Waals surface area contributed by atoms with Crippen LogP contribution in [0.1, 0.15) is 25.7 Å². The van der Waals surface area contributed by atoms with Crippen LogP contribution in [0.25, 0.3) is 0 Å². The van der Waals surface area contributed by atoms with Gasteiger partial charge in [-0.25, -0.2) is 4.39 Å². The Morgan fingerprint density at radius 2 is 2.11 bits per heavy atom. The van der Waals surface area contributed by atoms with E-state index in [-0.39, 0.29) is 5.82 Å². The summed E-state index contributed by atoms with van der Waals surface area (Å²) in [7, 11) is 0. The van der Waals surface area contributed by atoms with Crippen molar-refractivity contribution < 1.29 is 4.39 Å². The number of aliphatic imine (C=N–C) groups is 1. The lowest BCUT2D eigenvalue weighted by molar-refractivity contribution is 0.359. The number of amidine groups is 1. The fourth-order valence-electron chi connectivity index (χ4n) is 2.75. The Bertz CT molecular complexity index is 512. The second kappa shape index (κ2) is 5.44. The van der Waals surface area contributed by atoms with E-state index >= 15 is 0 Å². The predicted octanol–water partition coefficient (Wildman–Crippen LogP) is 4.66. The van der Waals surface area contributed by atoms with Gasteiger partial charge in [0.1, 0.15) is 5.82 Å². The number of thioether (sulfide) groups is 1. The summed E-state index contributed by atoms with van der Waals surface area (Å²) in [5.41, 5.74) is 1.33. The molecule has 0 amide bonds. The maximum atomic E-state index is 13.2. The average molecular weight is 343 g/mol. The van der Waals surface area contributed by atoms with Crippen molar-refractivity contribution in [2.45, 2.75) is 25.7 Å². The summed E-state index contributed by atoms with van der Waals surface area (Å²) in [5, 5.41) is 4.23. The number of halogens is 2. The summed E-state index contributed by atoms with van der Waals surface area (Å²) in [5.74, 6) is 0.912. The first kappa shape index (κ1) is 13.4. The van der Waals surface area contributed by atoms with Gasteiger partial charge in [0.2, 0.25) is 0 Å². The molecule has 0 unspecified atom stereocenters. The molecule has 1 aliphatic heterocycles. The minimum atomic E-state index is -0.242. The highest BCUT2D eigenvalue weighted by Gasteiger charge is 2.36. The van der Waals surface area contributed by atoms with E-state index in [1.54, 1.807) is 23.9 Å². The number of nitrogens with zero attached hydrogens (tertiary/aromatic N) is 1. The number of hydrogen-bond donors (Lipinski definition) is 1. The van der Waals surface area contributed by atoms with Gasteiger partial charge in [0.25, 0.3) is 0 Å². The highest BCUT2D eigenvalue weighted by Crippen LogP contribution is 2.43. The SMILES string of the molecule is Fc1ccc(NC2=NCC3(CCCC3)CS2)cc1Br. The molecule has 19 heavy (non-hydrogen) atoms. The quantitative estimate of drug-likeness (QED) is 0.802. The fourth-order valence-corrected chi connectivity index (χ4v) is 4.30. The van der Waals surface area contributed by atoms with E-state index in [0.29, 0.717) is 9.89 Å². The molecule has 102 valence electrons. The highest BCUT2D eigenvalue weighted by atomic mass is 79.9. The van der Waals surface area contributed by atoms with Crippen molar-refractivity contribution in [3.8, 4) is 0 Å². The summed E-state index contributed by atoms with van der Waals surface area (Å²) >= 11 is 4.99. The molecule has 1 N–H and O–H groups in total. The topological polar surface area (TPSA) is 24.4 Å². The van der Waals surface area contributed by atoms with Crippen molar-refractivity contribution in [1.29, 1.82) is 0 Å². The first-order chi connectivity index (χ1) is 9.17. The van der Waals surface area contributed by atoms with Gasteiger partial charge >= 0.3 is 0 Å². The van der Waals surface area contributed by atoms with Gasteiger partial charge in [0.05, 0.1) is 4.47 Å². The first-order valence-electron chi connectivity index (χ1n) is 6.56. The Morgan fingerprint density at radius 1 is 1.32 bits per heavy atom. The van der Waals surface area contributed by atoms with Gasteiger partial charge in [-0.05, 0) is 52.4 Å². The van der Waals surface area contributed by atoms with E-state index in [1.807, 2.05) is 0 Å². The molecule has 1 fully saturated rings. The molecule has 3 rings (SSSR count). The maximum Gasteiger partial charge on any atom is 0.161 e. The molecule has 1 aromatic rings. The molecule has 0 saturated heterocycles. The Labute approximate surface area is 125 Å². The molecule has 1 aliphatic carbocycles. The molecule has 1 spiro atoms. The van der Waals surface area contributed by atoms with Gasteiger partial charge in [-0.15, -0.1) is 0 Å². The normalized spacial score (nSPS) is 21.5. The van der Waals surface area contributed by atoms with Crippen LogP contribution in [0.15, 0.2) is 27.7 Å². The third-order valence-electron chi connectivity index (χ3n) is 3.91. The Kier molecular flexibility index (Phi) is 3.85. The molecular formula is C14H16BrFN2S. The summed E-state index contributed by atoms with van der Waals surface area (Å²) in [6, 6.07) is 4.94. The third-order valence-corrected chi connectivity index (χ3v) is 5.78. The number of rotatable bonds is 1.